The van der Waals surface area contributed by atoms with Crippen LogP contribution in [0.2, 0.25) is 0 Å². The number of anilines is 2. The molecule has 1 aliphatic rings. The van der Waals surface area contributed by atoms with Gasteiger partial charge in [0.15, 0.2) is 17.0 Å². The summed E-state index contributed by atoms with van der Waals surface area (Å²) >= 11 is 0. The summed E-state index contributed by atoms with van der Waals surface area (Å²) in [6.07, 6.45) is 1.87. The van der Waals surface area contributed by atoms with Crippen molar-refractivity contribution >= 4 is 22.9 Å². The van der Waals surface area contributed by atoms with Crippen LogP contribution in [0, 0.1) is 0 Å². The second kappa shape index (κ2) is 9.19. The van der Waals surface area contributed by atoms with E-state index in [0.29, 0.717) is 12.6 Å². The normalized spacial score (nSPS) is 16.5. The largest absolute Gasteiger partial charge is 0.364 e. The smallest absolute Gasteiger partial charge is 0.229 e. The van der Waals surface area contributed by atoms with E-state index in [-0.39, 0.29) is 6.04 Å². The highest BCUT2D eigenvalue weighted by Crippen LogP contribution is 2.26. The third kappa shape index (κ3) is 4.54. The zero-order valence-corrected chi connectivity index (χ0v) is 19.5. The summed E-state index contributed by atoms with van der Waals surface area (Å²) in [6.45, 7) is 9.89. The van der Waals surface area contributed by atoms with Crippen LogP contribution in [-0.4, -0.2) is 45.2 Å². The lowest BCUT2D eigenvalue weighted by Gasteiger charge is -2.32. The Balaban J connectivity index is 1.42. The Morgan fingerprint density at radius 2 is 1.79 bits per heavy atom. The highest BCUT2D eigenvalue weighted by molar-refractivity contribution is 5.84. The van der Waals surface area contributed by atoms with Gasteiger partial charge in [0.2, 0.25) is 5.95 Å². The van der Waals surface area contributed by atoms with E-state index in [2.05, 4.69) is 94.4 Å². The summed E-state index contributed by atoms with van der Waals surface area (Å²) in [4.78, 5) is 16.7. The standard InChI is InChI=1S/C26H31N7/c1-18(2)33-17-29-23-24(30-26(31-25(23)33)32-14-13-27-19(3)16-32)28-15-20-9-11-22(12-10-20)21-7-5-4-6-8-21/h4-12,17-19,27H,13-16H2,1-3H3,(H,28,30,31). The van der Waals surface area contributed by atoms with Gasteiger partial charge in [-0.2, -0.15) is 9.97 Å². The Hall–Kier alpha value is -3.45. The molecule has 1 saturated heterocycles. The first kappa shape index (κ1) is 21.4. The fourth-order valence-corrected chi connectivity index (χ4v) is 4.29. The topological polar surface area (TPSA) is 70.9 Å². The van der Waals surface area contributed by atoms with Gasteiger partial charge in [0, 0.05) is 38.3 Å². The maximum absolute atomic E-state index is 4.92. The van der Waals surface area contributed by atoms with E-state index in [1.165, 1.54) is 16.7 Å². The molecule has 0 radical (unpaired) electrons. The minimum absolute atomic E-state index is 0.276. The van der Waals surface area contributed by atoms with Gasteiger partial charge >= 0.3 is 0 Å². The molecule has 1 aliphatic heterocycles. The number of imidazole rings is 1. The molecule has 2 aromatic carbocycles. The van der Waals surface area contributed by atoms with Gasteiger partial charge in [-0.15, -0.1) is 0 Å². The fraction of sp³-hybridized carbons (Fsp3) is 0.346. The van der Waals surface area contributed by atoms with Crippen molar-refractivity contribution in [3.63, 3.8) is 0 Å². The number of fused-ring (bicyclic) bond motifs is 1. The molecule has 1 unspecified atom stereocenters. The predicted molar refractivity (Wildman–Crippen MR) is 135 cm³/mol. The average molecular weight is 442 g/mol. The van der Waals surface area contributed by atoms with E-state index in [0.717, 1.165) is 42.6 Å². The molecule has 4 aromatic rings. The zero-order valence-electron chi connectivity index (χ0n) is 19.5. The summed E-state index contributed by atoms with van der Waals surface area (Å²) in [6, 6.07) is 19.8. The summed E-state index contributed by atoms with van der Waals surface area (Å²) in [7, 11) is 0. The number of hydrogen-bond acceptors (Lipinski definition) is 6. The Morgan fingerprint density at radius 1 is 1.03 bits per heavy atom. The SMILES string of the molecule is CC1CN(c2nc(NCc3ccc(-c4ccccc4)cc3)c3ncn(C(C)C)c3n2)CCN1. The van der Waals surface area contributed by atoms with Gasteiger partial charge in [-0.3, -0.25) is 0 Å². The van der Waals surface area contributed by atoms with E-state index in [9.17, 15) is 0 Å². The molecule has 3 heterocycles. The Labute approximate surface area is 194 Å². The lowest BCUT2D eigenvalue weighted by Crippen LogP contribution is -2.49. The van der Waals surface area contributed by atoms with Crippen molar-refractivity contribution in [1.29, 1.82) is 0 Å². The Bertz CT molecular complexity index is 1210. The van der Waals surface area contributed by atoms with Gasteiger partial charge in [-0.05, 0) is 37.5 Å². The number of rotatable bonds is 6. The molecule has 7 heteroatoms. The fourth-order valence-electron chi connectivity index (χ4n) is 4.29. The van der Waals surface area contributed by atoms with Crippen molar-refractivity contribution in [1.82, 2.24) is 24.8 Å². The predicted octanol–water partition coefficient (Wildman–Crippen LogP) is 4.48. The molecule has 1 fully saturated rings. The van der Waals surface area contributed by atoms with Crippen molar-refractivity contribution in [2.45, 2.75) is 39.4 Å². The Kier molecular flexibility index (Phi) is 5.96. The number of benzene rings is 2. The zero-order chi connectivity index (χ0) is 22.8. The first-order valence-electron chi connectivity index (χ1n) is 11.7. The monoisotopic (exact) mass is 441 g/mol. The second-order valence-electron chi connectivity index (χ2n) is 9.01. The second-order valence-corrected chi connectivity index (χ2v) is 9.01. The van der Waals surface area contributed by atoms with E-state index in [4.69, 9.17) is 9.97 Å². The molecule has 2 N–H and O–H groups in total. The number of nitrogens with zero attached hydrogens (tertiary/aromatic N) is 5. The van der Waals surface area contributed by atoms with Gasteiger partial charge in [0.1, 0.15) is 0 Å². The number of aromatic nitrogens is 4. The molecule has 2 aromatic heterocycles. The van der Waals surface area contributed by atoms with Crippen molar-refractivity contribution < 1.29 is 0 Å². The minimum atomic E-state index is 0.276. The van der Waals surface area contributed by atoms with Gasteiger partial charge in [0.05, 0.1) is 6.33 Å². The third-order valence-corrected chi connectivity index (χ3v) is 6.14. The van der Waals surface area contributed by atoms with Gasteiger partial charge in [-0.1, -0.05) is 54.6 Å². The minimum Gasteiger partial charge on any atom is -0.364 e. The van der Waals surface area contributed by atoms with Crippen LogP contribution in [0.1, 0.15) is 32.4 Å². The highest BCUT2D eigenvalue weighted by Gasteiger charge is 2.22. The molecular formula is C26H31N7. The van der Waals surface area contributed by atoms with Gasteiger partial charge in [-0.25, -0.2) is 4.98 Å². The van der Waals surface area contributed by atoms with Crippen LogP contribution in [-0.2, 0) is 6.54 Å². The number of nitrogens with one attached hydrogen (secondary N) is 2. The lowest BCUT2D eigenvalue weighted by molar-refractivity contribution is 0.479. The van der Waals surface area contributed by atoms with Gasteiger partial charge < -0.3 is 20.1 Å². The average Bonchev–Trinajstić information content (AvgIpc) is 3.28. The van der Waals surface area contributed by atoms with E-state index < -0.39 is 0 Å². The molecule has 1 atom stereocenters. The molecule has 33 heavy (non-hydrogen) atoms. The summed E-state index contributed by atoms with van der Waals surface area (Å²) in [5.41, 5.74) is 5.33. The van der Waals surface area contributed by atoms with Gasteiger partial charge in [0.25, 0.3) is 0 Å². The van der Waals surface area contributed by atoms with E-state index >= 15 is 0 Å². The Morgan fingerprint density at radius 3 is 2.52 bits per heavy atom. The van der Waals surface area contributed by atoms with Crippen LogP contribution in [0.3, 0.4) is 0 Å². The van der Waals surface area contributed by atoms with Crippen molar-refractivity contribution in [3.8, 4) is 11.1 Å². The van der Waals surface area contributed by atoms with Crippen LogP contribution in [0.15, 0.2) is 60.9 Å². The van der Waals surface area contributed by atoms with Crippen LogP contribution in [0.25, 0.3) is 22.3 Å². The van der Waals surface area contributed by atoms with Crippen molar-refractivity contribution in [3.05, 3.63) is 66.5 Å². The molecule has 0 bridgehead atoms. The molecule has 170 valence electrons. The first-order chi connectivity index (χ1) is 16.1. The van der Waals surface area contributed by atoms with Crippen LogP contribution in [0.5, 0.6) is 0 Å². The maximum Gasteiger partial charge on any atom is 0.229 e. The molecule has 5 rings (SSSR count). The molecule has 7 nitrogen and oxygen atoms in total. The number of piperazine rings is 1. The molecule has 0 saturated carbocycles. The van der Waals surface area contributed by atoms with E-state index in [1.807, 2.05) is 12.4 Å². The summed E-state index contributed by atoms with van der Waals surface area (Å²) in [5, 5.41) is 7.03. The third-order valence-electron chi connectivity index (χ3n) is 6.14. The molecular weight excluding hydrogens is 410 g/mol. The quantitative estimate of drug-likeness (QED) is 0.460. The molecule has 0 aliphatic carbocycles. The molecule has 0 spiro atoms. The lowest BCUT2D eigenvalue weighted by atomic mass is 10.0. The maximum atomic E-state index is 4.92. The number of hydrogen-bond donors (Lipinski definition) is 2. The van der Waals surface area contributed by atoms with Crippen LogP contribution >= 0.6 is 0 Å². The van der Waals surface area contributed by atoms with Crippen molar-refractivity contribution in [2.24, 2.45) is 0 Å². The van der Waals surface area contributed by atoms with E-state index in [1.54, 1.807) is 0 Å². The van der Waals surface area contributed by atoms with Crippen LogP contribution < -0.4 is 15.5 Å². The summed E-state index contributed by atoms with van der Waals surface area (Å²) < 4.78 is 2.12. The highest BCUT2D eigenvalue weighted by atomic mass is 15.3. The first-order valence-corrected chi connectivity index (χ1v) is 11.7. The van der Waals surface area contributed by atoms with Crippen molar-refractivity contribution in [2.75, 3.05) is 29.9 Å². The summed E-state index contributed by atoms with van der Waals surface area (Å²) in [5.74, 6) is 1.55. The van der Waals surface area contributed by atoms with Crippen LogP contribution in [0.4, 0.5) is 11.8 Å². The molecule has 0 amide bonds.